The van der Waals surface area contributed by atoms with Crippen LogP contribution < -0.4 is 19.7 Å². The zero-order valence-electron chi connectivity index (χ0n) is 16.1. The van der Waals surface area contributed by atoms with Crippen LogP contribution in [-0.2, 0) is 17.8 Å². The predicted molar refractivity (Wildman–Crippen MR) is 102 cm³/mol. The van der Waals surface area contributed by atoms with Gasteiger partial charge in [-0.05, 0) is 43.7 Å². The molecule has 1 atom stereocenters. The van der Waals surface area contributed by atoms with Crippen LogP contribution in [0.3, 0.4) is 0 Å². The van der Waals surface area contributed by atoms with E-state index in [1.165, 1.54) is 11.6 Å². The Balaban J connectivity index is 1.69. The predicted octanol–water partition coefficient (Wildman–Crippen LogP) is 2.34. The van der Waals surface area contributed by atoms with E-state index in [1.54, 1.807) is 0 Å². The number of anilines is 1. The van der Waals surface area contributed by atoms with E-state index in [9.17, 15) is 13.6 Å². The number of fused-ring (bicyclic) bond motifs is 1. The number of ether oxygens (including phenoxy) is 2. The Morgan fingerprint density at radius 2 is 1.68 bits per heavy atom. The molecule has 0 spiro atoms. The summed E-state index contributed by atoms with van der Waals surface area (Å²) in [6, 6.07) is 7.48. The van der Waals surface area contributed by atoms with E-state index >= 15 is 0 Å². The molecule has 28 heavy (non-hydrogen) atoms. The molecule has 0 bridgehead atoms. The van der Waals surface area contributed by atoms with Gasteiger partial charge >= 0.3 is 0 Å². The Hall–Kier alpha value is -2.67. The Labute approximate surface area is 163 Å². The number of quaternary nitrogens is 1. The van der Waals surface area contributed by atoms with Crippen LogP contribution in [0.15, 0.2) is 30.3 Å². The fourth-order valence-corrected chi connectivity index (χ4v) is 3.43. The summed E-state index contributed by atoms with van der Waals surface area (Å²) in [5, 5.41) is 2.35. The van der Waals surface area contributed by atoms with Crippen LogP contribution in [0.4, 0.5) is 14.5 Å². The summed E-state index contributed by atoms with van der Waals surface area (Å²) in [5.41, 5.74) is 1.87. The molecule has 3 rings (SSSR count). The van der Waals surface area contributed by atoms with Gasteiger partial charge in [0.25, 0.3) is 5.91 Å². The van der Waals surface area contributed by atoms with Gasteiger partial charge in [0, 0.05) is 12.0 Å². The number of halogens is 2. The van der Waals surface area contributed by atoms with Crippen molar-refractivity contribution in [1.82, 2.24) is 0 Å². The van der Waals surface area contributed by atoms with Gasteiger partial charge in [-0.2, -0.15) is 0 Å². The van der Waals surface area contributed by atoms with Crippen molar-refractivity contribution in [3.8, 4) is 11.5 Å². The highest BCUT2D eigenvalue weighted by atomic mass is 19.1. The minimum absolute atomic E-state index is 0.129. The molecule has 150 valence electrons. The zero-order chi connectivity index (χ0) is 20.1. The van der Waals surface area contributed by atoms with Crippen molar-refractivity contribution < 1.29 is 27.9 Å². The SMILES string of the molecule is CCOc1cc2c(cc1OCC)C[NH+](CC(=O)Nc1c(F)cccc1F)CC2. The summed E-state index contributed by atoms with van der Waals surface area (Å²) in [4.78, 5) is 13.3. The molecule has 0 saturated carbocycles. The summed E-state index contributed by atoms with van der Waals surface area (Å²) in [7, 11) is 0. The number of amides is 1. The normalized spacial score (nSPS) is 15.6. The topological polar surface area (TPSA) is 52.0 Å². The van der Waals surface area contributed by atoms with Gasteiger partial charge < -0.3 is 19.7 Å². The molecule has 7 heteroatoms. The van der Waals surface area contributed by atoms with E-state index in [4.69, 9.17) is 9.47 Å². The number of para-hydroxylation sites is 1. The lowest BCUT2D eigenvalue weighted by Crippen LogP contribution is -3.12. The first kappa shape index (κ1) is 20.1. The van der Waals surface area contributed by atoms with E-state index in [0.29, 0.717) is 25.5 Å². The van der Waals surface area contributed by atoms with Gasteiger partial charge in [0.1, 0.15) is 23.9 Å². The first-order valence-electron chi connectivity index (χ1n) is 9.50. The standard InChI is InChI=1S/C21H24F2N2O3/c1-3-27-18-10-14-8-9-25(12-15(14)11-19(18)28-4-2)13-20(26)24-21-16(22)6-5-7-17(21)23/h5-7,10-11H,3-4,8-9,12-13H2,1-2H3,(H,24,26)/p+1. The number of hydrogen-bond acceptors (Lipinski definition) is 3. The maximum absolute atomic E-state index is 13.7. The quantitative estimate of drug-likeness (QED) is 0.762. The third-order valence-electron chi connectivity index (χ3n) is 4.69. The molecule has 0 saturated heterocycles. The fourth-order valence-electron chi connectivity index (χ4n) is 3.43. The maximum atomic E-state index is 13.7. The molecular weight excluding hydrogens is 366 g/mol. The monoisotopic (exact) mass is 391 g/mol. The number of carbonyl (C=O) groups is 1. The lowest BCUT2D eigenvalue weighted by atomic mass is 9.98. The van der Waals surface area contributed by atoms with Crippen molar-refractivity contribution >= 4 is 11.6 Å². The van der Waals surface area contributed by atoms with Gasteiger partial charge in [0.05, 0.1) is 19.8 Å². The minimum atomic E-state index is -0.780. The van der Waals surface area contributed by atoms with Gasteiger partial charge in [0.15, 0.2) is 18.0 Å². The zero-order valence-corrected chi connectivity index (χ0v) is 16.1. The highest BCUT2D eigenvalue weighted by Gasteiger charge is 2.25. The molecule has 0 radical (unpaired) electrons. The minimum Gasteiger partial charge on any atom is -0.490 e. The Kier molecular flexibility index (Phi) is 6.46. The first-order chi connectivity index (χ1) is 13.5. The number of rotatable bonds is 7. The lowest BCUT2D eigenvalue weighted by molar-refractivity contribution is -0.907. The van der Waals surface area contributed by atoms with Gasteiger partial charge in [-0.25, -0.2) is 8.78 Å². The molecular formula is C21H25F2N2O3+. The van der Waals surface area contributed by atoms with Crippen molar-refractivity contribution in [2.45, 2.75) is 26.8 Å². The molecule has 1 aliphatic heterocycles. The van der Waals surface area contributed by atoms with Crippen molar-refractivity contribution in [1.29, 1.82) is 0 Å². The summed E-state index contributed by atoms with van der Waals surface area (Å²) < 4.78 is 38.8. The van der Waals surface area contributed by atoms with Crippen LogP contribution in [-0.4, -0.2) is 32.2 Å². The van der Waals surface area contributed by atoms with Crippen molar-refractivity contribution in [3.05, 3.63) is 53.1 Å². The van der Waals surface area contributed by atoms with Crippen LogP contribution in [0, 0.1) is 11.6 Å². The third kappa shape index (κ3) is 4.59. The highest BCUT2D eigenvalue weighted by molar-refractivity contribution is 5.91. The average molecular weight is 391 g/mol. The molecule has 2 aromatic rings. The second-order valence-electron chi connectivity index (χ2n) is 6.68. The van der Waals surface area contributed by atoms with E-state index in [1.807, 2.05) is 26.0 Å². The average Bonchev–Trinajstić information content (AvgIpc) is 2.66. The van der Waals surface area contributed by atoms with Crippen LogP contribution >= 0.6 is 0 Å². The second kappa shape index (κ2) is 9.01. The van der Waals surface area contributed by atoms with E-state index < -0.39 is 23.2 Å². The third-order valence-corrected chi connectivity index (χ3v) is 4.69. The van der Waals surface area contributed by atoms with Crippen molar-refractivity contribution in [3.63, 3.8) is 0 Å². The first-order valence-corrected chi connectivity index (χ1v) is 9.50. The van der Waals surface area contributed by atoms with Crippen molar-refractivity contribution in [2.75, 3.05) is 31.6 Å². The van der Waals surface area contributed by atoms with Crippen molar-refractivity contribution in [2.24, 2.45) is 0 Å². The Bertz CT molecular complexity index is 838. The van der Waals surface area contributed by atoms with Gasteiger partial charge in [-0.1, -0.05) is 6.07 Å². The second-order valence-corrected chi connectivity index (χ2v) is 6.68. The number of benzene rings is 2. The molecule has 1 aliphatic rings. The molecule has 5 nitrogen and oxygen atoms in total. The Morgan fingerprint density at radius 1 is 1.07 bits per heavy atom. The molecule has 1 unspecified atom stereocenters. The van der Waals surface area contributed by atoms with E-state index in [2.05, 4.69) is 5.32 Å². The molecule has 0 aromatic heterocycles. The summed E-state index contributed by atoms with van der Waals surface area (Å²) in [5.74, 6) is -0.547. The van der Waals surface area contributed by atoms with Crippen LogP contribution in [0.5, 0.6) is 11.5 Å². The molecule has 1 amide bonds. The maximum Gasteiger partial charge on any atom is 0.279 e. The lowest BCUT2D eigenvalue weighted by Gasteiger charge is -2.26. The Morgan fingerprint density at radius 3 is 2.29 bits per heavy atom. The van der Waals surface area contributed by atoms with E-state index in [-0.39, 0.29) is 6.54 Å². The molecule has 2 aromatic carbocycles. The van der Waals surface area contributed by atoms with Gasteiger partial charge in [-0.15, -0.1) is 0 Å². The smallest absolute Gasteiger partial charge is 0.279 e. The summed E-state index contributed by atoms with van der Waals surface area (Å²) in [6.45, 7) is 6.45. The van der Waals surface area contributed by atoms with Gasteiger partial charge in [0.2, 0.25) is 0 Å². The number of carbonyl (C=O) groups excluding carboxylic acids is 1. The largest absolute Gasteiger partial charge is 0.490 e. The molecule has 0 fully saturated rings. The number of nitrogens with one attached hydrogen (secondary N) is 2. The molecule has 2 N–H and O–H groups in total. The number of hydrogen-bond donors (Lipinski definition) is 2. The van der Waals surface area contributed by atoms with Crippen LogP contribution in [0.25, 0.3) is 0 Å². The highest BCUT2D eigenvalue weighted by Crippen LogP contribution is 2.32. The molecule has 0 aliphatic carbocycles. The summed E-state index contributed by atoms with van der Waals surface area (Å²) in [6.07, 6.45) is 0.790. The van der Waals surface area contributed by atoms with Gasteiger partial charge in [-0.3, -0.25) is 4.79 Å². The fraction of sp³-hybridized carbons (Fsp3) is 0.381. The molecule has 1 heterocycles. The van der Waals surface area contributed by atoms with Crippen LogP contribution in [0.1, 0.15) is 25.0 Å². The summed E-state index contributed by atoms with van der Waals surface area (Å²) >= 11 is 0. The van der Waals surface area contributed by atoms with E-state index in [0.717, 1.165) is 41.3 Å². The van der Waals surface area contributed by atoms with Crippen LogP contribution in [0.2, 0.25) is 0 Å².